The van der Waals surface area contributed by atoms with Crippen LogP contribution in [0.5, 0.6) is 0 Å². The molecule has 142 valence electrons. The van der Waals surface area contributed by atoms with Crippen molar-refractivity contribution >= 4 is 45.5 Å². The lowest BCUT2D eigenvalue weighted by molar-refractivity contribution is -0.384. The molecule has 3 rings (SSSR count). The zero-order chi connectivity index (χ0) is 20.3. The first-order valence-corrected chi connectivity index (χ1v) is 9.98. The van der Waals surface area contributed by atoms with E-state index in [0.29, 0.717) is 15.5 Å². The Bertz CT molecular complexity index is 1040. The van der Waals surface area contributed by atoms with Crippen LogP contribution in [0.15, 0.2) is 58.8 Å². The highest BCUT2D eigenvalue weighted by Crippen LogP contribution is 2.31. The highest BCUT2D eigenvalue weighted by Gasteiger charge is 2.21. The molecule has 0 aliphatic rings. The SMILES string of the molecule is Cc1cccc(C)c1NC(=O)c1cc([N+](=O)[O-])ccc1SC(=O)c1cccs1. The van der Waals surface area contributed by atoms with Crippen LogP contribution in [0, 0.1) is 24.0 Å². The monoisotopic (exact) mass is 412 g/mol. The molecule has 3 aromatic rings. The summed E-state index contributed by atoms with van der Waals surface area (Å²) < 4.78 is 0. The van der Waals surface area contributed by atoms with Gasteiger partial charge in [-0.2, -0.15) is 0 Å². The van der Waals surface area contributed by atoms with Crippen molar-refractivity contribution in [3.05, 3.63) is 85.6 Å². The largest absolute Gasteiger partial charge is 0.321 e. The van der Waals surface area contributed by atoms with Crippen molar-refractivity contribution in [3.8, 4) is 0 Å². The number of nitro benzene ring substituents is 1. The Hall–Kier alpha value is -2.97. The summed E-state index contributed by atoms with van der Waals surface area (Å²) in [6, 6.07) is 13.0. The number of carbonyl (C=O) groups is 2. The average molecular weight is 412 g/mol. The summed E-state index contributed by atoms with van der Waals surface area (Å²) in [6.45, 7) is 3.73. The van der Waals surface area contributed by atoms with Crippen molar-refractivity contribution in [2.45, 2.75) is 18.7 Å². The number of nitro groups is 1. The third-order valence-electron chi connectivity index (χ3n) is 4.06. The van der Waals surface area contributed by atoms with Crippen LogP contribution in [0.4, 0.5) is 11.4 Å². The molecule has 6 nitrogen and oxygen atoms in total. The predicted molar refractivity (Wildman–Crippen MR) is 111 cm³/mol. The maximum absolute atomic E-state index is 12.9. The molecular weight excluding hydrogens is 396 g/mol. The number of nitrogens with zero attached hydrogens (tertiary/aromatic N) is 1. The summed E-state index contributed by atoms with van der Waals surface area (Å²) in [5.41, 5.74) is 2.29. The molecule has 0 aliphatic heterocycles. The molecule has 0 bridgehead atoms. The van der Waals surface area contributed by atoms with Gasteiger partial charge >= 0.3 is 0 Å². The Morgan fingerprint density at radius 3 is 2.39 bits per heavy atom. The number of thiophene rings is 1. The van der Waals surface area contributed by atoms with Gasteiger partial charge in [0.15, 0.2) is 0 Å². The number of carbonyl (C=O) groups excluding carboxylic acids is 2. The van der Waals surface area contributed by atoms with Crippen LogP contribution in [0.25, 0.3) is 0 Å². The summed E-state index contributed by atoms with van der Waals surface area (Å²) in [5.74, 6) is -0.498. The van der Waals surface area contributed by atoms with Gasteiger partial charge in [-0.1, -0.05) is 24.3 Å². The van der Waals surface area contributed by atoms with Gasteiger partial charge in [-0.25, -0.2) is 0 Å². The van der Waals surface area contributed by atoms with Crippen LogP contribution in [0.1, 0.15) is 31.2 Å². The number of aryl methyl sites for hydroxylation is 2. The molecule has 0 saturated heterocycles. The number of nitrogens with one attached hydrogen (secondary N) is 1. The molecular formula is C20H16N2O4S2. The lowest BCUT2D eigenvalue weighted by Gasteiger charge is -2.13. The number of thioether (sulfide) groups is 1. The normalized spacial score (nSPS) is 10.5. The average Bonchev–Trinajstić information content (AvgIpc) is 3.19. The second kappa shape index (κ2) is 8.37. The molecule has 0 radical (unpaired) electrons. The lowest BCUT2D eigenvalue weighted by atomic mass is 10.1. The summed E-state index contributed by atoms with van der Waals surface area (Å²) >= 11 is 2.18. The fourth-order valence-corrected chi connectivity index (χ4v) is 4.23. The third kappa shape index (κ3) is 4.29. The Balaban J connectivity index is 1.97. The van der Waals surface area contributed by atoms with Gasteiger partial charge in [0.05, 0.1) is 15.4 Å². The van der Waals surface area contributed by atoms with E-state index in [4.69, 9.17) is 0 Å². The van der Waals surface area contributed by atoms with Crippen LogP contribution < -0.4 is 5.32 Å². The van der Waals surface area contributed by atoms with E-state index in [1.807, 2.05) is 32.0 Å². The molecule has 28 heavy (non-hydrogen) atoms. The first kappa shape index (κ1) is 19.8. The second-order valence-corrected chi connectivity index (χ2v) is 7.99. The highest BCUT2D eigenvalue weighted by molar-refractivity contribution is 8.14. The summed E-state index contributed by atoms with van der Waals surface area (Å²) in [4.78, 5) is 36.9. The Labute approximate surface area is 169 Å². The molecule has 0 unspecified atom stereocenters. The molecule has 8 heteroatoms. The minimum atomic E-state index is -0.564. The molecule has 0 aliphatic carbocycles. The van der Waals surface area contributed by atoms with E-state index < -0.39 is 10.8 Å². The van der Waals surface area contributed by atoms with E-state index in [1.165, 1.54) is 29.5 Å². The fourth-order valence-electron chi connectivity index (χ4n) is 2.64. The standard InChI is InChI=1S/C20H16N2O4S2/c1-12-5-3-6-13(2)18(12)21-19(23)15-11-14(22(25)26)8-9-16(15)28-20(24)17-7-4-10-27-17/h3-11H,1-2H3,(H,21,23). The van der Waals surface area contributed by atoms with Crippen molar-refractivity contribution in [2.75, 3.05) is 5.32 Å². The second-order valence-electron chi connectivity index (χ2n) is 6.03. The van der Waals surface area contributed by atoms with E-state index in [-0.39, 0.29) is 16.4 Å². The quantitative estimate of drug-likeness (QED) is 0.341. The van der Waals surface area contributed by atoms with Crippen molar-refractivity contribution in [3.63, 3.8) is 0 Å². The Morgan fingerprint density at radius 1 is 1.07 bits per heavy atom. The van der Waals surface area contributed by atoms with Gasteiger partial charge in [0.25, 0.3) is 11.6 Å². The Kier molecular flexibility index (Phi) is 5.91. The number of para-hydroxylation sites is 1. The number of rotatable bonds is 5. The topological polar surface area (TPSA) is 89.3 Å². The van der Waals surface area contributed by atoms with Gasteiger partial charge in [-0.05, 0) is 54.2 Å². The molecule has 0 spiro atoms. The van der Waals surface area contributed by atoms with Crippen LogP contribution in [0.3, 0.4) is 0 Å². The molecule has 1 aromatic heterocycles. The first-order chi connectivity index (χ1) is 13.4. The van der Waals surface area contributed by atoms with Gasteiger partial charge in [-0.3, -0.25) is 19.7 Å². The Morgan fingerprint density at radius 2 is 1.79 bits per heavy atom. The van der Waals surface area contributed by atoms with Crippen molar-refractivity contribution in [1.82, 2.24) is 0 Å². The lowest BCUT2D eigenvalue weighted by Crippen LogP contribution is -2.15. The molecule has 1 N–H and O–H groups in total. The van der Waals surface area contributed by atoms with Crippen LogP contribution >= 0.6 is 23.1 Å². The summed E-state index contributed by atoms with van der Waals surface area (Å²) in [7, 11) is 0. The van der Waals surface area contributed by atoms with Crippen LogP contribution in [-0.4, -0.2) is 15.9 Å². The number of hydrogen-bond acceptors (Lipinski definition) is 6. The van der Waals surface area contributed by atoms with E-state index in [1.54, 1.807) is 17.5 Å². The van der Waals surface area contributed by atoms with Crippen LogP contribution in [0.2, 0.25) is 0 Å². The van der Waals surface area contributed by atoms with Crippen molar-refractivity contribution in [1.29, 1.82) is 0 Å². The first-order valence-electron chi connectivity index (χ1n) is 8.28. The molecule has 0 fully saturated rings. The third-order valence-corrected chi connectivity index (χ3v) is 6.04. The molecule has 0 saturated carbocycles. The molecule has 0 atom stereocenters. The molecule has 1 amide bonds. The minimum Gasteiger partial charge on any atom is -0.321 e. The number of hydrogen-bond donors (Lipinski definition) is 1. The van der Waals surface area contributed by atoms with Gasteiger partial charge in [0, 0.05) is 22.7 Å². The van der Waals surface area contributed by atoms with Crippen molar-refractivity contribution in [2.24, 2.45) is 0 Å². The highest BCUT2D eigenvalue weighted by atomic mass is 32.2. The molecule has 2 aromatic carbocycles. The number of anilines is 1. The van der Waals surface area contributed by atoms with Gasteiger partial charge < -0.3 is 5.32 Å². The fraction of sp³-hybridized carbons (Fsp3) is 0.100. The van der Waals surface area contributed by atoms with E-state index >= 15 is 0 Å². The van der Waals surface area contributed by atoms with Crippen molar-refractivity contribution < 1.29 is 14.5 Å². The molecule has 1 heterocycles. The van der Waals surface area contributed by atoms with Crippen LogP contribution in [-0.2, 0) is 0 Å². The smallest absolute Gasteiger partial charge is 0.270 e. The summed E-state index contributed by atoms with van der Waals surface area (Å²) in [6.07, 6.45) is 0. The number of benzene rings is 2. The van der Waals surface area contributed by atoms with E-state index in [2.05, 4.69) is 5.32 Å². The predicted octanol–water partition coefficient (Wildman–Crippen LogP) is 5.46. The number of amides is 1. The zero-order valence-corrected chi connectivity index (χ0v) is 16.7. The maximum atomic E-state index is 12.9. The van der Waals surface area contributed by atoms with Gasteiger partial charge in [0.1, 0.15) is 0 Å². The van der Waals surface area contributed by atoms with Gasteiger partial charge in [-0.15, -0.1) is 11.3 Å². The zero-order valence-electron chi connectivity index (χ0n) is 15.1. The minimum absolute atomic E-state index is 0.0896. The van der Waals surface area contributed by atoms with E-state index in [9.17, 15) is 19.7 Å². The number of non-ortho nitro benzene ring substituents is 1. The summed E-state index contributed by atoms with van der Waals surface area (Å²) in [5, 5.41) is 15.6. The van der Waals surface area contributed by atoms with Gasteiger partial charge in [0.2, 0.25) is 5.12 Å². The van der Waals surface area contributed by atoms with E-state index in [0.717, 1.165) is 22.9 Å². The maximum Gasteiger partial charge on any atom is 0.270 e.